The van der Waals surface area contributed by atoms with Crippen LogP contribution in [0.15, 0.2) is 62.8 Å². The molecule has 1 heterocycles. The molecule has 1 aromatic heterocycles. The van der Waals surface area contributed by atoms with Crippen molar-refractivity contribution < 1.29 is 30.5 Å². The maximum atomic E-state index is 11.4. The van der Waals surface area contributed by atoms with Crippen molar-refractivity contribution in [2.45, 2.75) is 16.7 Å². The Kier molecular flexibility index (Phi) is 4.44. The first-order valence-corrected chi connectivity index (χ1v) is 10.1. The van der Waals surface area contributed by atoms with Crippen LogP contribution in [0.1, 0.15) is 5.76 Å². The fraction of sp³-hybridized carbons (Fsp3) is 0.0625. The van der Waals surface area contributed by atoms with E-state index < -0.39 is 20.2 Å². The molecule has 3 aromatic rings. The summed E-state index contributed by atoms with van der Waals surface area (Å²) in [5.74, 6) is 0.366. The second kappa shape index (κ2) is 6.32. The van der Waals surface area contributed by atoms with Crippen LogP contribution in [0.5, 0.6) is 0 Å². The molecule has 0 saturated carbocycles. The first kappa shape index (κ1) is 18.3. The lowest BCUT2D eigenvalue weighted by Gasteiger charge is -2.06. The molecule has 0 spiro atoms. The van der Waals surface area contributed by atoms with Gasteiger partial charge in [0.05, 0.1) is 15.4 Å². The van der Waals surface area contributed by atoms with Crippen molar-refractivity contribution in [1.29, 1.82) is 0 Å². The summed E-state index contributed by atoms with van der Waals surface area (Å²) in [5, 5.41) is 3.91. The van der Waals surface area contributed by atoms with E-state index in [0.29, 0.717) is 22.5 Å². The first-order chi connectivity index (χ1) is 12.1. The number of hydrogen-bond acceptors (Lipinski definition) is 6. The van der Waals surface area contributed by atoms with E-state index in [2.05, 4.69) is 5.16 Å². The van der Waals surface area contributed by atoms with E-state index in [9.17, 15) is 25.9 Å². The van der Waals surface area contributed by atoms with Crippen LogP contribution in [0.4, 0.5) is 0 Å². The molecule has 0 fully saturated rings. The SMILES string of the molecule is Cc1onc(-c2cccc(S(=O)(=O)O)c2)c1-c1cccc(S(=O)(=O)O)c1. The summed E-state index contributed by atoms with van der Waals surface area (Å²) in [6.45, 7) is 1.61. The molecule has 0 radical (unpaired) electrons. The smallest absolute Gasteiger partial charge is 0.294 e. The summed E-state index contributed by atoms with van der Waals surface area (Å²) < 4.78 is 69.1. The Bertz CT molecular complexity index is 1190. The maximum Gasteiger partial charge on any atom is 0.294 e. The minimum absolute atomic E-state index is 0.264. The topological polar surface area (TPSA) is 135 Å². The summed E-state index contributed by atoms with van der Waals surface area (Å²) in [6.07, 6.45) is 0. The van der Waals surface area contributed by atoms with E-state index >= 15 is 0 Å². The molecule has 0 bridgehead atoms. The molecule has 0 aliphatic rings. The molecule has 0 aliphatic heterocycles. The average Bonchev–Trinajstić information content (AvgIpc) is 2.95. The van der Waals surface area contributed by atoms with Gasteiger partial charge in [0.1, 0.15) is 11.5 Å². The molecule has 0 unspecified atom stereocenters. The molecule has 26 heavy (non-hydrogen) atoms. The van der Waals surface area contributed by atoms with Crippen LogP contribution in [-0.2, 0) is 20.2 Å². The lowest BCUT2D eigenvalue weighted by atomic mass is 9.99. The van der Waals surface area contributed by atoms with Crippen LogP contribution < -0.4 is 0 Å². The molecule has 0 atom stereocenters. The van der Waals surface area contributed by atoms with Crippen molar-refractivity contribution >= 4 is 20.2 Å². The Hall–Kier alpha value is -2.53. The number of rotatable bonds is 4. The summed E-state index contributed by atoms with van der Waals surface area (Å²) in [5.41, 5.74) is 1.46. The van der Waals surface area contributed by atoms with Crippen molar-refractivity contribution in [3.63, 3.8) is 0 Å². The van der Waals surface area contributed by atoms with Gasteiger partial charge in [-0.3, -0.25) is 9.11 Å². The zero-order valence-electron chi connectivity index (χ0n) is 13.3. The van der Waals surface area contributed by atoms with Crippen molar-refractivity contribution in [3.05, 3.63) is 54.3 Å². The Morgan fingerprint density at radius 1 is 0.846 bits per heavy atom. The third-order valence-corrected chi connectivity index (χ3v) is 5.39. The van der Waals surface area contributed by atoms with Gasteiger partial charge in [0.2, 0.25) is 0 Å². The van der Waals surface area contributed by atoms with Gasteiger partial charge in [0.25, 0.3) is 20.2 Å². The quantitative estimate of drug-likeness (QED) is 0.644. The number of aromatic nitrogens is 1. The van der Waals surface area contributed by atoms with Gasteiger partial charge in [-0.1, -0.05) is 29.4 Å². The summed E-state index contributed by atoms with van der Waals surface area (Å²) >= 11 is 0. The van der Waals surface area contributed by atoms with Gasteiger partial charge in [0.15, 0.2) is 0 Å². The van der Waals surface area contributed by atoms with Crippen LogP contribution in [0.25, 0.3) is 22.4 Å². The van der Waals surface area contributed by atoms with Gasteiger partial charge in [-0.25, -0.2) is 0 Å². The van der Waals surface area contributed by atoms with Crippen molar-refractivity contribution in [3.8, 4) is 22.4 Å². The molecule has 2 N–H and O–H groups in total. The van der Waals surface area contributed by atoms with Gasteiger partial charge in [-0.2, -0.15) is 16.8 Å². The van der Waals surface area contributed by atoms with Gasteiger partial charge in [-0.05, 0) is 36.8 Å². The predicted octanol–water partition coefficient (Wildman–Crippen LogP) is 2.81. The molecule has 10 heteroatoms. The van der Waals surface area contributed by atoms with E-state index in [-0.39, 0.29) is 15.5 Å². The molecule has 136 valence electrons. The van der Waals surface area contributed by atoms with Gasteiger partial charge >= 0.3 is 0 Å². The third kappa shape index (κ3) is 3.53. The van der Waals surface area contributed by atoms with Crippen LogP contribution in [0.2, 0.25) is 0 Å². The lowest BCUT2D eigenvalue weighted by Crippen LogP contribution is -1.99. The van der Waals surface area contributed by atoms with Crippen molar-refractivity contribution in [1.82, 2.24) is 5.16 Å². The minimum atomic E-state index is -4.40. The van der Waals surface area contributed by atoms with Gasteiger partial charge in [-0.15, -0.1) is 0 Å². The molecule has 0 saturated heterocycles. The van der Waals surface area contributed by atoms with Crippen LogP contribution in [0.3, 0.4) is 0 Å². The van der Waals surface area contributed by atoms with E-state index in [1.165, 1.54) is 36.4 Å². The molecular formula is C16H13NO7S2. The Morgan fingerprint density at radius 3 is 1.88 bits per heavy atom. The number of aryl methyl sites for hydroxylation is 1. The van der Waals surface area contributed by atoms with Crippen LogP contribution in [0, 0.1) is 6.92 Å². The monoisotopic (exact) mass is 395 g/mol. The highest BCUT2D eigenvalue weighted by molar-refractivity contribution is 7.86. The van der Waals surface area contributed by atoms with Gasteiger partial charge < -0.3 is 4.52 Å². The van der Waals surface area contributed by atoms with Crippen LogP contribution >= 0.6 is 0 Å². The lowest BCUT2D eigenvalue weighted by molar-refractivity contribution is 0.400. The standard InChI is InChI=1S/C16H13NO7S2/c1-10-15(11-4-2-6-13(8-11)25(18,19)20)16(17-24-10)12-5-3-7-14(9-12)26(21,22)23/h2-9H,1H3,(H,18,19,20)(H,21,22,23). The van der Waals surface area contributed by atoms with E-state index in [1.807, 2.05) is 0 Å². The van der Waals surface area contributed by atoms with E-state index in [4.69, 9.17) is 4.52 Å². The summed E-state index contributed by atoms with van der Waals surface area (Å²) in [4.78, 5) is -0.610. The number of hydrogen-bond donors (Lipinski definition) is 2. The predicted molar refractivity (Wildman–Crippen MR) is 91.7 cm³/mol. The second-order valence-corrected chi connectivity index (χ2v) is 8.31. The van der Waals surface area contributed by atoms with Gasteiger partial charge in [0, 0.05) is 5.56 Å². The maximum absolute atomic E-state index is 11.4. The van der Waals surface area contributed by atoms with Crippen molar-refractivity contribution in [2.75, 3.05) is 0 Å². The zero-order chi connectivity index (χ0) is 19.1. The second-order valence-electron chi connectivity index (χ2n) is 5.47. The average molecular weight is 395 g/mol. The third-order valence-electron chi connectivity index (χ3n) is 3.69. The molecule has 0 amide bonds. The fourth-order valence-electron chi connectivity index (χ4n) is 2.53. The molecule has 0 aliphatic carbocycles. The molecule has 3 rings (SSSR count). The highest BCUT2D eigenvalue weighted by Crippen LogP contribution is 2.35. The Labute approximate surface area is 149 Å². The highest BCUT2D eigenvalue weighted by Gasteiger charge is 2.20. The highest BCUT2D eigenvalue weighted by atomic mass is 32.2. The zero-order valence-corrected chi connectivity index (χ0v) is 15.0. The Balaban J connectivity index is 2.21. The summed E-state index contributed by atoms with van der Waals surface area (Å²) in [6, 6.07) is 11.0. The molecular weight excluding hydrogens is 382 g/mol. The number of benzene rings is 2. The first-order valence-electron chi connectivity index (χ1n) is 7.19. The van der Waals surface area contributed by atoms with E-state index in [0.717, 1.165) is 0 Å². The largest absolute Gasteiger partial charge is 0.360 e. The Morgan fingerprint density at radius 2 is 1.35 bits per heavy atom. The molecule has 8 nitrogen and oxygen atoms in total. The fourth-order valence-corrected chi connectivity index (χ4v) is 3.58. The minimum Gasteiger partial charge on any atom is -0.360 e. The summed E-state index contributed by atoms with van der Waals surface area (Å²) in [7, 11) is -8.80. The molecule has 2 aromatic carbocycles. The van der Waals surface area contributed by atoms with Crippen LogP contribution in [-0.4, -0.2) is 31.1 Å². The number of nitrogens with zero attached hydrogens (tertiary/aromatic N) is 1. The van der Waals surface area contributed by atoms with Crippen molar-refractivity contribution in [2.24, 2.45) is 0 Å². The van der Waals surface area contributed by atoms with E-state index in [1.54, 1.807) is 19.1 Å². The normalized spacial score (nSPS) is 12.3.